The molecule has 1 N–H and O–H groups in total. The maximum atomic E-state index is 10.4. The largest absolute Gasteiger partial charge is 0.545 e. The fraction of sp³-hybridized carbons (Fsp3) is 0.364. The quantitative estimate of drug-likeness (QED) is 0.629. The van der Waals surface area contributed by atoms with Crippen LogP contribution in [0.15, 0.2) is 24.3 Å². The zero-order chi connectivity index (χ0) is 11.8. The summed E-state index contributed by atoms with van der Waals surface area (Å²) in [4.78, 5) is 10.4. The molecule has 0 aliphatic carbocycles. The summed E-state index contributed by atoms with van der Waals surface area (Å²) in [5, 5.41) is 18.9. The minimum atomic E-state index is -1.21. The van der Waals surface area contributed by atoms with Crippen molar-refractivity contribution in [1.82, 2.24) is 0 Å². The first-order chi connectivity index (χ1) is 7.74. The summed E-state index contributed by atoms with van der Waals surface area (Å²) in [6.07, 6.45) is 0. The minimum Gasteiger partial charge on any atom is -0.545 e. The van der Waals surface area contributed by atoms with Crippen molar-refractivity contribution < 1.29 is 24.5 Å². The van der Waals surface area contributed by atoms with Gasteiger partial charge >= 0.3 is 0 Å². The Morgan fingerprint density at radius 1 is 1.19 bits per heavy atom. The van der Waals surface area contributed by atoms with Crippen LogP contribution in [0.1, 0.15) is 10.4 Å². The Morgan fingerprint density at radius 3 is 2.44 bits per heavy atom. The van der Waals surface area contributed by atoms with Crippen molar-refractivity contribution in [2.24, 2.45) is 0 Å². The van der Waals surface area contributed by atoms with E-state index in [-0.39, 0.29) is 18.8 Å². The Balaban J connectivity index is 2.29. The first-order valence-electron chi connectivity index (χ1n) is 4.87. The highest BCUT2D eigenvalue weighted by molar-refractivity contribution is 5.85. The van der Waals surface area contributed by atoms with Crippen LogP contribution in [0.3, 0.4) is 0 Å². The third kappa shape index (κ3) is 4.29. The lowest BCUT2D eigenvalue weighted by atomic mass is 10.2. The van der Waals surface area contributed by atoms with E-state index in [2.05, 4.69) is 0 Å². The number of hydrogen-bond acceptors (Lipinski definition) is 5. The van der Waals surface area contributed by atoms with Gasteiger partial charge in [-0.2, -0.15) is 0 Å². The van der Waals surface area contributed by atoms with Gasteiger partial charge in [-0.25, -0.2) is 0 Å². The van der Waals surface area contributed by atoms with Crippen molar-refractivity contribution >= 4 is 5.97 Å². The highest BCUT2D eigenvalue weighted by Crippen LogP contribution is 2.11. The zero-order valence-electron chi connectivity index (χ0n) is 8.72. The van der Waals surface area contributed by atoms with Crippen LogP contribution >= 0.6 is 0 Å². The predicted octanol–water partition coefficient (Wildman–Crippen LogP) is -0.562. The lowest BCUT2D eigenvalue weighted by Crippen LogP contribution is -2.21. The van der Waals surface area contributed by atoms with Crippen LogP contribution in [-0.4, -0.2) is 37.5 Å². The average molecular weight is 225 g/mol. The van der Waals surface area contributed by atoms with Crippen molar-refractivity contribution in [2.75, 3.05) is 26.4 Å². The second-order valence-electron chi connectivity index (χ2n) is 3.00. The van der Waals surface area contributed by atoms with E-state index in [1.165, 1.54) is 12.1 Å². The molecule has 88 valence electrons. The van der Waals surface area contributed by atoms with Crippen molar-refractivity contribution in [2.45, 2.75) is 0 Å². The van der Waals surface area contributed by atoms with Gasteiger partial charge in [0.25, 0.3) is 0 Å². The second-order valence-corrected chi connectivity index (χ2v) is 3.00. The summed E-state index contributed by atoms with van der Waals surface area (Å²) in [7, 11) is 0. The number of carboxylic acid groups (broad SMARTS) is 1. The molecule has 0 amide bonds. The van der Waals surface area contributed by atoms with Crippen molar-refractivity contribution in [3.05, 3.63) is 29.8 Å². The molecule has 0 bridgehead atoms. The van der Waals surface area contributed by atoms with E-state index in [1.807, 2.05) is 0 Å². The van der Waals surface area contributed by atoms with Gasteiger partial charge in [0.15, 0.2) is 0 Å². The Kier molecular flexibility index (Phi) is 5.31. The summed E-state index contributed by atoms with van der Waals surface area (Å²) in [5.41, 5.74) is 0.115. The first-order valence-corrected chi connectivity index (χ1v) is 4.87. The fourth-order valence-electron chi connectivity index (χ4n) is 1.07. The molecule has 0 unspecified atom stereocenters. The molecule has 0 aliphatic rings. The summed E-state index contributed by atoms with van der Waals surface area (Å²) < 4.78 is 10.3. The number of benzene rings is 1. The van der Waals surface area contributed by atoms with Crippen LogP contribution in [0.4, 0.5) is 0 Å². The van der Waals surface area contributed by atoms with E-state index in [9.17, 15) is 9.90 Å². The van der Waals surface area contributed by atoms with E-state index >= 15 is 0 Å². The van der Waals surface area contributed by atoms with E-state index in [1.54, 1.807) is 12.1 Å². The van der Waals surface area contributed by atoms with Crippen molar-refractivity contribution in [3.63, 3.8) is 0 Å². The normalized spacial score (nSPS) is 10.1. The molecule has 5 heteroatoms. The Labute approximate surface area is 93.2 Å². The molecule has 1 aromatic rings. The fourth-order valence-corrected chi connectivity index (χ4v) is 1.07. The van der Waals surface area contributed by atoms with Crippen LogP contribution in [0.2, 0.25) is 0 Å². The van der Waals surface area contributed by atoms with Crippen LogP contribution in [0, 0.1) is 0 Å². The summed E-state index contributed by atoms with van der Waals surface area (Å²) >= 11 is 0. The minimum absolute atomic E-state index is 0.0136. The summed E-state index contributed by atoms with van der Waals surface area (Å²) in [5.74, 6) is -0.643. The SMILES string of the molecule is O=C([O-])c1ccc(OCCOCCO)cc1. The maximum absolute atomic E-state index is 10.4. The second kappa shape index (κ2) is 6.81. The van der Waals surface area contributed by atoms with Gasteiger partial charge in [-0.3, -0.25) is 0 Å². The number of hydrogen-bond donors (Lipinski definition) is 1. The van der Waals surface area contributed by atoms with Gasteiger partial charge in [-0.15, -0.1) is 0 Å². The van der Waals surface area contributed by atoms with Crippen LogP contribution in [0.5, 0.6) is 5.75 Å². The smallest absolute Gasteiger partial charge is 0.119 e. The molecule has 0 atom stereocenters. The number of aliphatic hydroxyl groups is 1. The third-order valence-electron chi connectivity index (χ3n) is 1.82. The summed E-state index contributed by atoms with van der Waals surface area (Å²) in [6.45, 7) is 1.00. The van der Waals surface area contributed by atoms with Gasteiger partial charge in [0.05, 0.1) is 25.8 Å². The molecule has 0 heterocycles. The standard InChI is InChI=1S/C11H14O5/c12-5-6-15-7-8-16-10-3-1-9(2-4-10)11(13)14/h1-4,12H,5-8H2,(H,13,14)/p-1. The highest BCUT2D eigenvalue weighted by atomic mass is 16.5. The molecule has 16 heavy (non-hydrogen) atoms. The molecule has 0 saturated carbocycles. The zero-order valence-corrected chi connectivity index (χ0v) is 8.72. The lowest BCUT2D eigenvalue weighted by Gasteiger charge is -2.07. The molecule has 0 aliphatic heterocycles. The monoisotopic (exact) mass is 225 g/mol. The van der Waals surface area contributed by atoms with Crippen LogP contribution in [-0.2, 0) is 4.74 Å². The molecule has 5 nitrogen and oxygen atoms in total. The number of aliphatic hydroxyl groups excluding tert-OH is 1. The molecule has 0 radical (unpaired) electrons. The van der Waals surface area contributed by atoms with Crippen molar-refractivity contribution in [3.8, 4) is 5.75 Å². The van der Waals surface area contributed by atoms with Gasteiger partial charge in [0.2, 0.25) is 0 Å². The van der Waals surface area contributed by atoms with Crippen molar-refractivity contribution in [1.29, 1.82) is 0 Å². The Hall–Kier alpha value is -1.59. The number of carbonyl (C=O) groups excluding carboxylic acids is 1. The Morgan fingerprint density at radius 2 is 1.88 bits per heavy atom. The van der Waals surface area contributed by atoms with Gasteiger partial charge in [0.1, 0.15) is 12.4 Å². The molecule has 0 fully saturated rings. The van der Waals surface area contributed by atoms with E-state index in [4.69, 9.17) is 14.6 Å². The maximum Gasteiger partial charge on any atom is 0.119 e. The van der Waals surface area contributed by atoms with E-state index in [0.717, 1.165) is 0 Å². The number of carboxylic acids is 1. The number of rotatable bonds is 7. The molecule has 0 saturated heterocycles. The number of aromatic carboxylic acids is 1. The number of carbonyl (C=O) groups is 1. The third-order valence-corrected chi connectivity index (χ3v) is 1.82. The van der Waals surface area contributed by atoms with Gasteiger partial charge in [-0.05, 0) is 29.8 Å². The lowest BCUT2D eigenvalue weighted by molar-refractivity contribution is -0.255. The molecular weight excluding hydrogens is 212 g/mol. The highest BCUT2D eigenvalue weighted by Gasteiger charge is 1.96. The molecule has 0 aromatic heterocycles. The van der Waals surface area contributed by atoms with Crippen LogP contribution in [0.25, 0.3) is 0 Å². The predicted molar refractivity (Wildman–Crippen MR) is 54.2 cm³/mol. The van der Waals surface area contributed by atoms with Crippen LogP contribution < -0.4 is 9.84 Å². The molecular formula is C11H13O5-. The molecule has 1 aromatic carbocycles. The van der Waals surface area contributed by atoms with Gasteiger partial charge < -0.3 is 24.5 Å². The molecule has 1 rings (SSSR count). The summed E-state index contributed by atoms with van der Waals surface area (Å²) in [6, 6.07) is 5.94. The topological polar surface area (TPSA) is 78.8 Å². The van der Waals surface area contributed by atoms with Gasteiger partial charge in [-0.1, -0.05) is 0 Å². The molecule has 0 spiro atoms. The first kappa shape index (κ1) is 12.5. The van der Waals surface area contributed by atoms with E-state index < -0.39 is 5.97 Å². The van der Waals surface area contributed by atoms with Gasteiger partial charge in [0, 0.05) is 0 Å². The Bertz CT molecular complexity index is 320. The average Bonchev–Trinajstić information content (AvgIpc) is 2.29. The number of ether oxygens (including phenoxy) is 2. The van der Waals surface area contributed by atoms with E-state index in [0.29, 0.717) is 19.0 Å².